The first-order valence-electron chi connectivity index (χ1n) is 7.75. The number of rotatable bonds is 5. The van der Waals surface area contributed by atoms with Gasteiger partial charge in [0.1, 0.15) is 17.1 Å². The molecule has 0 heterocycles. The fraction of sp³-hybridized carbons (Fsp3) is 0.143. The van der Waals surface area contributed by atoms with Crippen molar-refractivity contribution in [1.29, 1.82) is 0 Å². The van der Waals surface area contributed by atoms with Gasteiger partial charge in [0.25, 0.3) is 0 Å². The second-order valence-corrected chi connectivity index (χ2v) is 5.53. The van der Waals surface area contributed by atoms with Crippen LogP contribution in [-0.4, -0.2) is 19.3 Å². The van der Waals surface area contributed by atoms with Crippen LogP contribution in [0.25, 0.3) is 0 Å². The molecule has 0 saturated carbocycles. The normalized spacial score (nSPS) is 11.1. The Morgan fingerprint density at radius 1 is 0.583 bits per heavy atom. The van der Waals surface area contributed by atoms with Gasteiger partial charge in [-0.15, -0.1) is 0 Å². The zero-order chi connectivity index (χ0) is 17.0. The summed E-state index contributed by atoms with van der Waals surface area (Å²) >= 11 is 0. The molecule has 0 amide bonds. The van der Waals surface area contributed by atoms with E-state index < -0.39 is 5.60 Å². The Balaban J connectivity index is 2.16. The van der Waals surface area contributed by atoms with Crippen molar-refractivity contribution in [1.82, 2.24) is 0 Å². The van der Waals surface area contributed by atoms with Crippen LogP contribution in [0.2, 0.25) is 0 Å². The minimum atomic E-state index is -1.25. The van der Waals surface area contributed by atoms with Gasteiger partial charge < -0.3 is 14.6 Å². The van der Waals surface area contributed by atoms with Gasteiger partial charge in [0, 0.05) is 0 Å². The number of methoxy groups -OCH3 is 2. The van der Waals surface area contributed by atoms with E-state index in [1.54, 1.807) is 14.2 Å². The van der Waals surface area contributed by atoms with Gasteiger partial charge in [0.15, 0.2) is 0 Å². The van der Waals surface area contributed by atoms with Crippen molar-refractivity contribution in [2.45, 2.75) is 5.60 Å². The highest BCUT2D eigenvalue weighted by molar-refractivity contribution is 5.49. The molecule has 1 N–H and O–H groups in total. The van der Waals surface area contributed by atoms with Crippen LogP contribution in [0.3, 0.4) is 0 Å². The first-order chi connectivity index (χ1) is 11.7. The Morgan fingerprint density at radius 2 is 0.958 bits per heavy atom. The Morgan fingerprint density at radius 3 is 1.33 bits per heavy atom. The van der Waals surface area contributed by atoms with Crippen LogP contribution < -0.4 is 9.47 Å². The summed E-state index contributed by atoms with van der Waals surface area (Å²) in [5, 5.41) is 11.7. The fourth-order valence-corrected chi connectivity index (χ4v) is 2.84. The van der Waals surface area contributed by atoms with Crippen molar-refractivity contribution in [3.63, 3.8) is 0 Å². The molecule has 0 unspecified atom stereocenters. The Bertz CT molecular complexity index is 730. The Labute approximate surface area is 142 Å². The van der Waals surface area contributed by atoms with E-state index in [-0.39, 0.29) is 0 Å². The van der Waals surface area contributed by atoms with Gasteiger partial charge in [-0.05, 0) is 41.0 Å². The van der Waals surface area contributed by atoms with Crippen molar-refractivity contribution in [3.8, 4) is 11.5 Å². The summed E-state index contributed by atoms with van der Waals surface area (Å²) in [5.41, 5.74) is 1.11. The van der Waals surface area contributed by atoms with Crippen LogP contribution in [0.5, 0.6) is 11.5 Å². The molecule has 0 atom stereocenters. The molecule has 3 aromatic carbocycles. The molecule has 0 bridgehead atoms. The molecule has 3 nitrogen and oxygen atoms in total. The van der Waals surface area contributed by atoms with Gasteiger partial charge in [-0.25, -0.2) is 0 Å². The zero-order valence-electron chi connectivity index (χ0n) is 13.8. The Kier molecular flexibility index (Phi) is 4.54. The van der Waals surface area contributed by atoms with E-state index in [2.05, 4.69) is 0 Å². The van der Waals surface area contributed by atoms with Gasteiger partial charge in [0.05, 0.1) is 14.2 Å². The number of hydrogen-bond acceptors (Lipinski definition) is 3. The van der Waals surface area contributed by atoms with E-state index in [0.29, 0.717) is 0 Å². The summed E-state index contributed by atoms with van der Waals surface area (Å²) in [6.45, 7) is 0. The molecule has 0 saturated heterocycles. The maximum atomic E-state index is 11.7. The zero-order valence-corrected chi connectivity index (χ0v) is 13.8. The van der Waals surface area contributed by atoms with E-state index >= 15 is 0 Å². The predicted octanol–water partition coefficient (Wildman–Crippen LogP) is 3.99. The maximum Gasteiger partial charge on any atom is 0.140 e. The highest BCUT2D eigenvalue weighted by Gasteiger charge is 2.33. The highest BCUT2D eigenvalue weighted by atomic mass is 16.5. The van der Waals surface area contributed by atoms with E-state index in [4.69, 9.17) is 9.47 Å². The lowest BCUT2D eigenvalue weighted by molar-refractivity contribution is 0.125. The topological polar surface area (TPSA) is 38.7 Å². The molecular formula is C21H20O3. The molecular weight excluding hydrogens is 300 g/mol. The molecule has 3 heteroatoms. The van der Waals surface area contributed by atoms with Crippen molar-refractivity contribution in [2.75, 3.05) is 14.2 Å². The molecule has 24 heavy (non-hydrogen) atoms. The first kappa shape index (κ1) is 16.1. The molecule has 0 aliphatic heterocycles. The standard InChI is InChI=1S/C21H20O3/c1-23-19-12-8-17(9-13-19)21(22,16-6-4-3-5-7-16)18-10-14-20(24-2)15-11-18/h3-15,22H,1-2H3. The van der Waals surface area contributed by atoms with Crippen LogP contribution in [0.15, 0.2) is 78.9 Å². The van der Waals surface area contributed by atoms with E-state index in [9.17, 15) is 5.11 Å². The van der Waals surface area contributed by atoms with E-state index in [0.717, 1.165) is 28.2 Å². The SMILES string of the molecule is COc1ccc(C(O)(c2ccccc2)c2ccc(OC)cc2)cc1. The van der Waals surface area contributed by atoms with Crippen LogP contribution in [0.1, 0.15) is 16.7 Å². The largest absolute Gasteiger partial charge is 0.497 e. The second-order valence-electron chi connectivity index (χ2n) is 5.53. The summed E-state index contributed by atoms with van der Waals surface area (Å²) in [4.78, 5) is 0. The van der Waals surface area contributed by atoms with Crippen molar-refractivity contribution in [3.05, 3.63) is 95.6 Å². The summed E-state index contributed by atoms with van der Waals surface area (Å²) in [6.07, 6.45) is 0. The lowest BCUT2D eigenvalue weighted by atomic mass is 9.80. The smallest absolute Gasteiger partial charge is 0.140 e. The number of benzene rings is 3. The molecule has 0 fully saturated rings. The molecule has 122 valence electrons. The quantitative estimate of drug-likeness (QED) is 0.723. The minimum Gasteiger partial charge on any atom is -0.497 e. The van der Waals surface area contributed by atoms with Crippen molar-refractivity contribution < 1.29 is 14.6 Å². The predicted molar refractivity (Wildman–Crippen MR) is 94.5 cm³/mol. The lowest BCUT2D eigenvalue weighted by Gasteiger charge is -2.30. The van der Waals surface area contributed by atoms with Gasteiger partial charge in [-0.3, -0.25) is 0 Å². The number of hydrogen-bond donors (Lipinski definition) is 1. The summed E-state index contributed by atoms with van der Waals surface area (Å²) < 4.78 is 10.5. The van der Waals surface area contributed by atoms with Crippen LogP contribution in [0.4, 0.5) is 0 Å². The van der Waals surface area contributed by atoms with Crippen LogP contribution in [-0.2, 0) is 5.60 Å². The monoisotopic (exact) mass is 320 g/mol. The highest BCUT2D eigenvalue weighted by Crippen LogP contribution is 2.37. The summed E-state index contributed by atoms with van der Waals surface area (Å²) in [5.74, 6) is 1.51. The molecule has 0 aliphatic rings. The second kappa shape index (κ2) is 6.77. The average molecular weight is 320 g/mol. The summed E-state index contributed by atoms with van der Waals surface area (Å²) in [6, 6.07) is 24.6. The third-order valence-electron chi connectivity index (χ3n) is 4.21. The first-order valence-corrected chi connectivity index (χ1v) is 7.75. The average Bonchev–Trinajstić information content (AvgIpc) is 2.68. The Hall–Kier alpha value is -2.78. The third-order valence-corrected chi connectivity index (χ3v) is 4.21. The number of aliphatic hydroxyl groups is 1. The van der Waals surface area contributed by atoms with Crippen molar-refractivity contribution in [2.24, 2.45) is 0 Å². The van der Waals surface area contributed by atoms with Crippen LogP contribution >= 0.6 is 0 Å². The van der Waals surface area contributed by atoms with Crippen LogP contribution in [0, 0.1) is 0 Å². The molecule has 0 radical (unpaired) electrons. The van der Waals surface area contributed by atoms with E-state index in [1.807, 2.05) is 78.9 Å². The molecule has 0 spiro atoms. The molecule has 0 aromatic heterocycles. The molecule has 3 rings (SSSR count). The fourth-order valence-electron chi connectivity index (χ4n) is 2.84. The molecule has 3 aromatic rings. The van der Waals surface area contributed by atoms with Crippen molar-refractivity contribution >= 4 is 0 Å². The van der Waals surface area contributed by atoms with Gasteiger partial charge >= 0.3 is 0 Å². The summed E-state index contributed by atoms with van der Waals surface area (Å²) in [7, 11) is 3.25. The van der Waals surface area contributed by atoms with E-state index in [1.165, 1.54) is 0 Å². The third kappa shape index (κ3) is 2.86. The minimum absolute atomic E-state index is 0.754. The van der Waals surface area contributed by atoms with Gasteiger partial charge in [-0.2, -0.15) is 0 Å². The van der Waals surface area contributed by atoms with Gasteiger partial charge in [0.2, 0.25) is 0 Å². The maximum absolute atomic E-state index is 11.7. The number of ether oxygens (including phenoxy) is 2. The lowest BCUT2D eigenvalue weighted by Crippen LogP contribution is -2.28. The molecule has 0 aliphatic carbocycles. The van der Waals surface area contributed by atoms with Gasteiger partial charge in [-0.1, -0.05) is 54.6 Å².